The summed E-state index contributed by atoms with van der Waals surface area (Å²) in [6.45, 7) is 1.04. The summed E-state index contributed by atoms with van der Waals surface area (Å²) in [6, 6.07) is 4.31. The molecule has 0 unspecified atom stereocenters. The second-order valence-electron chi connectivity index (χ2n) is 3.79. The van der Waals surface area contributed by atoms with E-state index in [2.05, 4.69) is 9.64 Å². The van der Waals surface area contributed by atoms with Crippen LogP contribution >= 0.6 is 0 Å². The van der Waals surface area contributed by atoms with Crippen molar-refractivity contribution in [2.75, 3.05) is 13.7 Å². The van der Waals surface area contributed by atoms with E-state index in [-0.39, 0.29) is 5.97 Å². The van der Waals surface area contributed by atoms with Crippen LogP contribution in [0.2, 0.25) is 0 Å². The Hall–Kier alpha value is -1.29. The third-order valence-electron chi connectivity index (χ3n) is 2.56. The number of hydrogen-bond donors (Lipinski definition) is 0. The van der Waals surface area contributed by atoms with Gasteiger partial charge in [-0.1, -0.05) is 0 Å². The quantitative estimate of drug-likeness (QED) is 0.688. The van der Waals surface area contributed by atoms with Gasteiger partial charge in [-0.05, 0) is 25.0 Å². The molecule has 4 nitrogen and oxygen atoms in total. The lowest BCUT2D eigenvalue weighted by atomic mass is 10.3. The maximum atomic E-state index is 11.2. The van der Waals surface area contributed by atoms with Crippen molar-refractivity contribution in [3.8, 4) is 0 Å². The minimum atomic E-state index is -0.187. The topological polar surface area (TPSA) is 42.7 Å². The number of nitrogens with zero attached hydrogens (tertiary/aromatic N) is 1. The van der Waals surface area contributed by atoms with Crippen LogP contribution in [0.15, 0.2) is 22.8 Å². The predicted octanol–water partition coefficient (Wildman–Crippen LogP) is 1.42. The van der Waals surface area contributed by atoms with Crippen LogP contribution in [0.25, 0.3) is 0 Å². The van der Waals surface area contributed by atoms with Gasteiger partial charge in [0.2, 0.25) is 0 Å². The van der Waals surface area contributed by atoms with Crippen molar-refractivity contribution in [3.63, 3.8) is 0 Å². The fourth-order valence-corrected chi connectivity index (χ4v) is 1.59. The molecule has 0 aliphatic heterocycles. The highest BCUT2D eigenvalue weighted by Gasteiger charge is 2.30. The van der Waals surface area contributed by atoms with Crippen LogP contribution in [-0.2, 0) is 16.1 Å². The second-order valence-corrected chi connectivity index (χ2v) is 3.79. The van der Waals surface area contributed by atoms with Crippen molar-refractivity contribution < 1.29 is 13.9 Å². The molecule has 1 heterocycles. The summed E-state index contributed by atoms with van der Waals surface area (Å²) in [4.78, 5) is 13.3. The molecule has 0 radical (unpaired) electrons. The number of furan rings is 1. The molecule has 1 aromatic heterocycles. The van der Waals surface area contributed by atoms with Crippen molar-refractivity contribution in [3.05, 3.63) is 24.2 Å². The summed E-state index contributed by atoms with van der Waals surface area (Å²) in [6.07, 6.45) is 3.98. The molecule has 15 heavy (non-hydrogen) atoms. The van der Waals surface area contributed by atoms with Crippen molar-refractivity contribution in [1.29, 1.82) is 0 Å². The number of carbonyl (C=O) groups excluding carboxylic acids is 1. The Morgan fingerprint density at radius 2 is 2.47 bits per heavy atom. The molecule has 0 bridgehead atoms. The van der Waals surface area contributed by atoms with Crippen LogP contribution in [0.5, 0.6) is 0 Å². The fourth-order valence-electron chi connectivity index (χ4n) is 1.59. The van der Waals surface area contributed by atoms with Gasteiger partial charge in [-0.2, -0.15) is 0 Å². The fraction of sp³-hybridized carbons (Fsp3) is 0.545. The highest BCUT2D eigenvalue weighted by molar-refractivity contribution is 5.71. The van der Waals surface area contributed by atoms with Crippen molar-refractivity contribution in [2.24, 2.45) is 0 Å². The molecule has 82 valence electrons. The van der Waals surface area contributed by atoms with E-state index in [4.69, 9.17) is 4.42 Å². The van der Waals surface area contributed by atoms with Crippen molar-refractivity contribution in [2.45, 2.75) is 25.4 Å². The number of esters is 1. The average Bonchev–Trinajstić information content (AvgIpc) is 2.97. The number of hydrogen-bond acceptors (Lipinski definition) is 4. The first kappa shape index (κ1) is 10.2. The molecule has 1 saturated carbocycles. The SMILES string of the molecule is COC(=O)CN(Cc1ccco1)C1CC1. The Morgan fingerprint density at radius 3 is 3.00 bits per heavy atom. The van der Waals surface area contributed by atoms with Gasteiger partial charge in [0.15, 0.2) is 0 Å². The van der Waals surface area contributed by atoms with Crippen LogP contribution in [-0.4, -0.2) is 30.6 Å². The molecule has 0 atom stereocenters. The number of rotatable bonds is 5. The zero-order valence-electron chi connectivity index (χ0n) is 8.81. The summed E-state index contributed by atoms with van der Waals surface area (Å²) in [5.41, 5.74) is 0. The van der Waals surface area contributed by atoms with E-state index in [1.54, 1.807) is 6.26 Å². The third kappa shape index (κ3) is 2.83. The molecule has 0 spiro atoms. The van der Waals surface area contributed by atoms with E-state index in [0.29, 0.717) is 19.1 Å². The highest BCUT2D eigenvalue weighted by Crippen LogP contribution is 2.28. The minimum absolute atomic E-state index is 0.187. The van der Waals surface area contributed by atoms with E-state index in [1.807, 2.05) is 12.1 Å². The highest BCUT2D eigenvalue weighted by atomic mass is 16.5. The van der Waals surface area contributed by atoms with Gasteiger partial charge in [0.25, 0.3) is 0 Å². The van der Waals surface area contributed by atoms with Crippen LogP contribution in [0.4, 0.5) is 0 Å². The number of carbonyl (C=O) groups is 1. The van der Waals surface area contributed by atoms with Crippen molar-refractivity contribution >= 4 is 5.97 Å². The first-order chi connectivity index (χ1) is 7.29. The molecular weight excluding hydrogens is 194 g/mol. The number of methoxy groups -OCH3 is 1. The molecule has 1 aliphatic rings. The monoisotopic (exact) mass is 209 g/mol. The molecule has 0 N–H and O–H groups in total. The van der Waals surface area contributed by atoms with Gasteiger partial charge in [-0.25, -0.2) is 0 Å². The van der Waals surface area contributed by atoms with Gasteiger partial charge in [-0.3, -0.25) is 9.69 Å². The molecule has 1 fully saturated rings. The first-order valence-electron chi connectivity index (χ1n) is 5.13. The summed E-state index contributed by atoms with van der Waals surface area (Å²) in [5, 5.41) is 0. The Labute approximate surface area is 88.8 Å². The van der Waals surface area contributed by atoms with Gasteiger partial charge in [0, 0.05) is 6.04 Å². The lowest BCUT2D eigenvalue weighted by molar-refractivity contribution is -0.142. The Balaban J connectivity index is 1.91. The minimum Gasteiger partial charge on any atom is -0.468 e. The summed E-state index contributed by atoms with van der Waals surface area (Å²) >= 11 is 0. The molecule has 0 aromatic carbocycles. The molecule has 4 heteroatoms. The van der Waals surface area contributed by atoms with Gasteiger partial charge in [-0.15, -0.1) is 0 Å². The zero-order valence-corrected chi connectivity index (χ0v) is 8.81. The van der Waals surface area contributed by atoms with Gasteiger partial charge < -0.3 is 9.15 Å². The molecule has 2 rings (SSSR count). The smallest absolute Gasteiger partial charge is 0.319 e. The standard InChI is InChI=1S/C11H15NO3/c1-14-11(13)8-12(9-4-5-9)7-10-3-2-6-15-10/h2-3,6,9H,4-5,7-8H2,1H3. The lowest BCUT2D eigenvalue weighted by Gasteiger charge is -2.18. The Kier molecular flexibility index (Phi) is 3.06. The summed E-state index contributed by atoms with van der Waals surface area (Å²) in [7, 11) is 1.42. The maximum Gasteiger partial charge on any atom is 0.319 e. The first-order valence-corrected chi connectivity index (χ1v) is 5.13. The average molecular weight is 209 g/mol. The van der Waals surface area contributed by atoms with E-state index in [9.17, 15) is 4.79 Å². The van der Waals surface area contributed by atoms with Crippen molar-refractivity contribution in [1.82, 2.24) is 4.90 Å². The maximum absolute atomic E-state index is 11.2. The van der Waals surface area contributed by atoms with Gasteiger partial charge >= 0.3 is 5.97 Å². The molecule has 0 amide bonds. The summed E-state index contributed by atoms with van der Waals surface area (Å²) in [5.74, 6) is 0.708. The normalized spacial score (nSPS) is 15.6. The predicted molar refractivity (Wildman–Crippen MR) is 54.2 cm³/mol. The van der Waals surface area contributed by atoms with E-state index >= 15 is 0 Å². The number of ether oxygens (including phenoxy) is 1. The van der Waals surface area contributed by atoms with Crippen LogP contribution in [0.3, 0.4) is 0 Å². The largest absolute Gasteiger partial charge is 0.468 e. The van der Waals surface area contributed by atoms with E-state index < -0.39 is 0 Å². The van der Waals surface area contributed by atoms with E-state index in [1.165, 1.54) is 7.11 Å². The second kappa shape index (κ2) is 4.49. The van der Waals surface area contributed by atoms with Gasteiger partial charge in [0.05, 0.1) is 26.5 Å². The molecular formula is C11H15NO3. The Bertz CT molecular complexity index is 317. The Morgan fingerprint density at radius 1 is 1.67 bits per heavy atom. The third-order valence-corrected chi connectivity index (χ3v) is 2.56. The molecule has 1 aliphatic carbocycles. The lowest BCUT2D eigenvalue weighted by Crippen LogP contribution is -2.31. The van der Waals surface area contributed by atoms with E-state index in [0.717, 1.165) is 18.6 Å². The van der Waals surface area contributed by atoms with Crippen LogP contribution in [0.1, 0.15) is 18.6 Å². The zero-order chi connectivity index (χ0) is 10.7. The van der Waals surface area contributed by atoms with Crippen LogP contribution < -0.4 is 0 Å². The molecule has 0 saturated heterocycles. The molecule has 1 aromatic rings. The van der Waals surface area contributed by atoms with Crippen LogP contribution in [0, 0.1) is 0 Å². The summed E-state index contributed by atoms with van der Waals surface area (Å²) < 4.78 is 9.93. The van der Waals surface area contributed by atoms with Gasteiger partial charge in [0.1, 0.15) is 5.76 Å².